The SMILES string of the molecule is CC1CC(OC(=O)[C@H](N)CS)CC(C)(C)C1. The minimum absolute atomic E-state index is 0.0252. The molecule has 1 aliphatic rings. The van der Waals surface area contributed by atoms with Gasteiger partial charge in [-0.1, -0.05) is 20.8 Å². The zero-order chi connectivity index (χ0) is 12.3. The average molecular weight is 245 g/mol. The third kappa shape index (κ3) is 3.98. The van der Waals surface area contributed by atoms with Gasteiger partial charge in [0.15, 0.2) is 0 Å². The molecule has 3 nitrogen and oxygen atoms in total. The highest BCUT2D eigenvalue weighted by molar-refractivity contribution is 7.80. The molecule has 0 heterocycles. The predicted octanol–water partition coefficient (Wildman–Crippen LogP) is 2.00. The summed E-state index contributed by atoms with van der Waals surface area (Å²) in [4.78, 5) is 11.6. The van der Waals surface area contributed by atoms with E-state index in [1.165, 1.54) is 6.42 Å². The molecule has 0 saturated heterocycles. The molecule has 0 radical (unpaired) electrons. The second kappa shape index (κ2) is 5.41. The number of hydrogen-bond donors (Lipinski definition) is 2. The number of nitrogens with two attached hydrogens (primary N) is 1. The summed E-state index contributed by atoms with van der Waals surface area (Å²) in [6, 6.07) is -0.594. The van der Waals surface area contributed by atoms with Crippen LogP contribution >= 0.6 is 12.6 Å². The molecule has 94 valence electrons. The highest BCUT2D eigenvalue weighted by atomic mass is 32.1. The molecule has 0 spiro atoms. The smallest absolute Gasteiger partial charge is 0.324 e. The monoisotopic (exact) mass is 245 g/mol. The molecule has 0 bridgehead atoms. The maximum Gasteiger partial charge on any atom is 0.324 e. The van der Waals surface area contributed by atoms with Gasteiger partial charge in [-0.25, -0.2) is 0 Å². The van der Waals surface area contributed by atoms with Crippen LogP contribution in [0.5, 0.6) is 0 Å². The molecular formula is C12H23NO2S. The second-order valence-corrected chi connectivity index (χ2v) is 6.13. The largest absolute Gasteiger partial charge is 0.461 e. The summed E-state index contributed by atoms with van der Waals surface area (Å²) in [5.74, 6) is 0.628. The Morgan fingerprint density at radius 3 is 2.69 bits per heavy atom. The molecule has 2 unspecified atom stereocenters. The Morgan fingerprint density at radius 1 is 1.56 bits per heavy atom. The lowest BCUT2D eigenvalue weighted by atomic mass is 9.71. The summed E-state index contributed by atoms with van der Waals surface area (Å²) in [5, 5.41) is 0. The Hall–Kier alpha value is -0.220. The topological polar surface area (TPSA) is 52.3 Å². The van der Waals surface area contributed by atoms with Gasteiger partial charge < -0.3 is 10.5 Å². The number of carbonyl (C=O) groups is 1. The lowest BCUT2D eigenvalue weighted by Gasteiger charge is -2.38. The number of hydrogen-bond acceptors (Lipinski definition) is 4. The summed E-state index contributed by atoms with van der Waals surface area (Å²) in [5.41, 5.74) is 5.84. The summed E-state index contributed by atoms with van der Waals surface area (Å²) in [6.07, 6.45) is 3.11. The summed E-state index contributed by atoms with van der Waals surface area (Å²) in [7, 11) is 0. The van der Waals surface area contributed by atoms with Crippen molar-refractivity contribution in [1.29, 1.82) is 0 Å². The fraction of sp³-hybridized carbons (Fsp3) is 0.917. The van der Waals surface area contributed by atoms with E-state index >= 15 is 0 Å². The van der Waals surface area contributed by atoms with Gasteiger partial charge in [-0.05, 0) is 30.6 Å². The van der Waals surface area contributed by atoms with Crippen LogP contribution < -0.4 is 5.73 Å². The van der Waals surface area contributed by atoms with Crippen LogP contribution in [-0.4, -0.2) is 23.9 Å². The van der Waals surface area contributed by atoms with Crippen molar-refractivity contribution in [2.24, 2.45) is 17.1 Å². The molecule has 1 rings (SSSR count). The molecule has 0 aromatic rings. The first-order valence-electron chi connectivity index (χ1n) is 5.91. The Labute approximate surface area is 104 Å². The Kier molecular flexibility index (Phi) is 4.68. The third-order valence-corrected chi connectivity index (χ3v) is 3.52. The summed E-state index contributed by atoms with van der Waals surface area (Å²) in [6.45, 7) is 6.66. The second-order valence-electron chi connectivity index (χ2n) is 5.76. The van der Waals surface area contributed by atoms with Crippen molar-refractivity contribution < 1.29 is 9.53 Å². The number of esters is 1. The Morgan fingerprint density at radius 2 is 2.19 bits per heavy atom. The molecule has 0 aromatic carbocycles. The van der Waals surface area contributed by atoms with Gasteiger partial charge in [-0.15, -0.1) is 0 Å². The number of ether oxygens (including phenoxy) is 1. The van der Waals surface area contributed by atoms with E-state index in [1.807, 2.05) is 0 Å². The van der Waals surface area contributed by atoms with E-state index < -0.39 is 6.04 Å². The lowest BCUT2D eigenvalue weighted by Crippen LogP contribution is -2.40. The highest BCUT2D eigenvalue weighted by Gasteiger charge is 2.34. The average Bonchev–Trinajstić information content (AvgIpc) is 2.12. The molecule has 1 aliphatic carbocycles. The standard InChI is InChI=1S/C12H23NO2S/c1-8-4-9(6-12(2,3)5-8)15-11(14)10(13)7-16/h8-10,16H,4-7,13H2,1-3H3/t8?,9?,10-/m1/s1. The van der Waals surface area contributed by atoms with Crippen molar-refractivity contribution in [3.8, 4) is 0 Å². The number of thiol groups is 1. The van der Waals surface area contributed by atoms with Crippen LogP contribution in [0.4, 0.5) is 0 Å². The number of carbonyl (C=O) groups excluding carboxylic acids is 1. The first-order chi connectivity index (χ1) is 7.34. The normalized spacial score (nSPS) is 30.8. The van der Waals surface area contributed by atoms with Crippen LogP contribution in [0.2, 0.25) is 0 Å². The van der Waals surface area contributed by atoms with E-state index in [9.17, 15) is 4.79 Å². The van der Waals surface area contributed by atoms with Crippen LogP contribution in [0.1, 0.15) is 40.0 Å². The van der Waals surface area contributed by atoms with Gasteiger partial charge in [-0.3, -0.25) is 4.79 Å². The zero-order valence-electron chi connectivity index (χ0n) is 10.4. The fourth-order valence-electron chi connectivity index (χ4n) is 2.67. The Balaban J connectivity index is 2.51. The molecule has 0 amide bonds. The minimum Gasteiger partial charge on any atom is -0.461 e. The molecule has 0 aliphatic heterocycles. The van der Waals surface area contributed by atoms with Crippen LogP contribution in [0.25, 0.3) is 0 Å². The fourth-order valence-corrected chi connectivity index (χ4v) is 2.82. The third-order valence-electron chi connectivity index (χ3n) is 3.13. The lowest BCUT2D eigenvalue weighted by molar-refractivity contribution is -0.154. The molecule has 3 atom stereocenters. The van der Waals surface area contributed by atoms with Gasteiger partial charge in [0.25, 0.3) is 0 Å². The molecular weight excluding hydrogens is 222 g/mol. The molecule has 1 fully saturated rings. The molecule has 2 N–H and O–H groups in total. The van der Waals surface area contributed by atoms with E-state index in [-0.39, 0.29) is 17.5 Å². The van der Waals surface area contributed by atoms with Crippen LogP contribution in [-0.2, 0) is 9.53 Å². The molecule has 16 heavy (non-hydrogen) atoms. The molecule has 1 saturated carbocycles. The molecule has 4 heteroatoms. The van der Waals surface area contributed by atoms with Crippen LogP contribution in [0.3, 0.4) is 0 Å². The van der Waals surface area contributed by atoms with Gasteiger partial charge in [0.1, 0.15) is 12.1 Å². The highest BCUT2D eigenvalue weighted by Crippen LogP contribution is 2.39. The van der Waals surface area contributed by atoms with Crippen LogP contribution in [0.15, 0.2) is 0 Å². The number of rotatable bonds is 3. The first-order valence-corrected chi connectivity index (χ1v) is 6.54. The van der Waals surface area contributed by atoms with Gasteiger partial charge >= 0.3 is 5.97 Å². The van der Waals surface area contributed by atoms with Gasteiger partial charge in [0.05, 0.1) is 0 Å². The van der Waals surface area contributed by atoms with Gasteiger partial charge in [-0.2, -0.15) is 12.6 Å². The zero-order valence-corrected chi connectivity index (χ0v) is 11.3. The van der Waals surface area contributed by atoms with E-state index in [0.29, 0.717) is 11.7 Å². The van der Waals surface area contributed by atoms with Crippen molar-refractivity contribution in [2.45, 2.75) is 52.2 Å². The van der Waals surface area contributed by atoms with Crippen molar-refractivity contribution in [1.82, 2.24) is 0 Å². The van der Waals surface area contributed by atoms with E-state index in [0.717, 1.165) is 12.8 Å². The molecule has 0 aromatic heterocycles. The van der Waals surface area contributed by atoms with Gasteiger partial charge in [0, 0.05) is 5.75 Å². The van der Waals surface area contributed by atoms with Crippen molar-refractivity contribution in [3.63, 3.8) is 0 Å². The van der Waals surface area contributed by atoms with Crippen molar-refractivity contribution >= 4 is 18.6 Å². The quantitative estimate of drug-likeness (QED) is 0.590. The maximum atomic E-state index is 11.6. The Bertz CT molecular complexity index is 255. The first kappa shape index (κ1) is 13.8. The van der Waals surface area contributed by atoms with E-state index in [1.54, 1.807) is 0 Å². The van der Waals surface area contributed by atoms with E-state index in [2.05, 4.69) is 33.4 Å². The summed E-state index contributed by atoms with van der Waals surface area (Å²) >= 11 is 4.00. The predicted molar refractivity (Wildman–Crippen MR) is 68.5 cm³/mol. The van der Waals surface area contributed by atoms with Crippen LogP contribution in [0, 0.1) is 11.3 Å². The van der Waals surface area contributed by atoms with E-state index in [4.69, 9.17) is 10.5 Å². The van der Waals surface area contributed by atoms with Crippen molar-refractivity contribution in [3.05, 3.63) is 0 Å². The summed E-state index contributed by atoms with van der Waals surface area (Å²) < 4.78 is 5.44. The van der Waals surface area contributed by atoms with Gasteiger partial charge in [0.2, 0.25) is 0 Å². The maximum absolute atomic E-state index is 11.6. The van der Waals surface area contributed by atoms with Crippen molar-refractivity contribution in [2.75, 3.05) is 5.75 Å². The minimum atomic E-state index is -0.594.